The molecule has 0 atom stereocenters. The van der Waals surface area contributed by atoms with Gasteiger partial charge in [-0.25, -0.2) is 8.42 Å². The number of hydrogen-bond donors (Lipinski definition) is 1. The van der Waals surface area contributed by atoms with E-state index in [2.05, 4.69) is 5.32 Å². The molecule has 1 N–H and O–H groups in total. The minimum atomic E-state index is -3.65. The van der Waals surface area contributed by atoms with Gasteiger partial charge >= 0.3 is 0 Å². The molecule has 1 aliphatic rings. The van der Waals surface area contributed by atoms with Crippen LogP contribution in [0.15, 0.2) is 47.4 Å². The van der Waals surface area contributed by atoms with Gasteiger partial charge in [0, 0.05) is 13.1 Å². The highest BCUT2D eigenvalue weighted by Crippen LogP contribution is 2.31. The van der Waals surface area contributed by atoms with E-state index in [9.17, 15) is 13.2 Å². The van der Waals surface area contributed by atoms with Crippen molar-refractivity contribution in [2.24, 2.45) is 0 Å². The molecule has 1 fully saturated rings. The summed E-state index contributed by atoms with van der Waals surface area (Å²) in [5.74, 6) is 0.875. The van der Waals surface area contributed by atoms with Crippen LogP contribution in [0, 0.1) is 0 Å². The lowest BCUT2D eigenvalue weighted by molar-refractivity contribution is -0.118. The number of rotatable bonds is 10. The lowest BCUT2D eigenvalue weighted by Crippen LogP contribution is -2.35. The number of carbonyl (C=O) groups is 1. The number of nitrogens with zero attached hydrogens (tertiary/aromatic N) is 1. The molecule has 0 saturated carbocycles. The molecule has 1 amide bonds. The zero-order valence-electron chi connectivity index (χ0n) is 19.9. The second kappa shape index (κ2) is 11.9. The number of methoxy groups -OCH3 is 1. The van der Waals surface area contributed by atoms with E-state index in [1.54, 1.807) is 12.1 Å². The van der Waals surface area contributed by atoms with Crippen molar-refractivity contribution in [2.75, 3.05) is 38.7 Å². The zero-order chi connectivity index (χ0) is 24.6. The number of benzene rings is 2. The van der Waals surface area contributed by atoms with Crippen LogP contribution in [0.5, 0.6) is 17.2 Å². The maximum Gasteiger partial charge on any atom is 0.262 e. The summed E-state index contributed by atoms with van der Waals surface area (Å²) in [5, 5.41) is 2.73. The molecule has 1 saturated heterocycles. The Balaban J connectivity index is 1.75. The normalized spacial score (nSPS) is 14.7. The van der Waals surface area contributed by atoms with Crippen molar-refractivity contribution in [3.05, 3.63) is 48.0 Å². The standard InChI is InChI=1S/C25H32N2O6S/c1-4-9-19-10-12-23(24(16-19)31-3)33-18-25(28)26-21-17-20(11-13-22(21)32-5-2)34(29,30)27-14-7-6-8-15-27/h4,9-13,16-17H,5-8,14-15,18H2,1-3H3,(H,26,28)/b9-4+. The van der Waals surface area contributed by atoms with Gasteiger partial charge < -0.3 is 19.5 Å². The number of hydrogen-bond acceptors (Lipinski definition) is 6. The molecule has 9 heteroatoms. The van der Waals surface area contributed by atoms with E-state index in [1.165, 1.54) is 23.5 Å². The lowest BCUT2D eigenvalue weighted by atomic mass is 10.2. The summed E-state index contributed by atoms with van der Waals surface area (Å²) in [6.07, 6.45) is 6.56. The highest BCUT2D eigenvalue weighted by atomic mass is 32.2. The van der Waals surface area contributed by atoms with Gasteiger partial charge in [0.2, 0.25) is 10.0 Å². The molecule has 1 aliphatic heterocycles. The topological polar surface area (TPSA) is 94.2 Å². The van der Waals surface area contributed by atoms with Crippen molar-refractivity contribution < 1.29 is 27.4 Å². The van der Waals surface area contributed by atoms with E-state index in [0.29, 0.717) is 36.9 Å². The van der Waals surface area contributed by atoms with Crippen LogP contribution in [-0.2, 0) is 14.8 Å². The van der Waals surface area contributed by atoms with E-state index >= 15 is 0 Å². The van der Waals surface area contributed by atoms with Crippen molar-refractivity contribution in [2.45, 2.75) is 38.0 Å². The first-order chi connectivity index (χ1) is 16.4. The Morgan fingerprint density at radius 1 is 1.03 bits per heavy atom. The highest BCUT2D eigenvalue weighted by Gasteiger charge is 2.27. The average molecular weight is 489 g/mol. The van der Waals surface area contributed by atoms with E-state index in [0.717, 1.165) is 24.8 Å². The Kier molecular flexibility index (Phi) is 8.95. The van der Waals surface area contributed by atoms with Crippen LogP contribution in [0.4, 0.5) is 5.69 Å². The first kappa shape index (κ1) is 25.6. The van der Waals surface area contributed by atoms with Gasteiger partial charge in [0.25, 0.3) is 5.91 Å². The third-order valence-corrected chi connectivity index (χ3v) is 7.28. The largest absolute Gasteiger partial charge is 0.493 e. The quantitative estimate of drug-likeness (QED) is 0.535. The second-order valence-electron chi connectivity index (χ2n) is 7.80. The van der Waals surface area contributed by atoms with Gasteiger partial charge in [0.1, 0.15) is 5.75 Å². The smallest absolute Gasteiger partial charge is 0.262 e. The molecule has 0 unspecified atom stereocenters. The first-order valence-electron chi connectivity index (χ1n) is 11.4. The molecule has 8 nitrogen and oxygen atoms in total. The van der Waals surface area contributed by atoms with Crippen LogP contribution in [0.2, 0.25) is 0 Å². The molecule has 0 aromatic heterocycles. The fourth-order valence-electron chi connectivity index (χ4n) is 3.73. The number of amides is 1. The van der Waals surface area contributed by atoms with Crippen LogP contribution in [0.1, 0.15) is 38.7 Å². The first-order valence-corrected chi connectivity index (χ1v) is 12.8. The van der Waals surface area contributed by atoms with Crippen LogP contribution >= 0.6 is 0 Å². The van der Waals surface area contributed by atoms with Crippen LogP contribution in [-0.4, -0.2) is 52.0 Å². The molecule has 3 rings (SSSR count). The Bertz CT molecular complexity index is 1120. The number of sulfonamides is 1. The third kappa shape index (κ3) is 6.30. The maximum absolute atomic E-state index is 13.1. The van der Waals surface area contributed by atoms with Crippen molar-refractivity contribution in [3.8, 4) is 17.2 Å². The fourth-order valence-corrected chi connectivity index (χ4v) is 5.28. The molecule has 0 bridgehead atoms. The van der Waals surface area contributed by atoms with Crippen molar-refractivity contribution in [1.29, 1.82) is 0 Å². The Morgan fingerprint density at radius 3 is 2.44 bits per heavy atom. The molecule has 0 spiro atoms. The molecule has 0 radical (unpaired) electrons. The zero-order valence-corrected chi connectivity index (χ0v) is 20.7. The Labute approximate surface area is 201 Å². The second-order valence-corrected chi connectivity index (χ2v) is 9.74. The number of piperidine rings is 1. The molecule has 184 valence electrons. The summed E-state index contributed by atoms with van der Waals surface area (Å²) < 4.78 is 44.3. The fraction of sp³-hybridized carbons (Fsp3) is 0.400. The number of carbonyl (C=O) groups excluding carboxylic acids is 1. The molecule has 1 heterocycles. The van der Waals surface area contributed by atoms with Crippen LogP contribution < -0.4 is 19.5 Å². The van der Waals surface area contributed by atoms with E-state index < -0.39 is 15.9 Å². The maximum atomic E-state index is 13.1. The van der Waals surface area contributed by atoms with Gasteiger partial charge in [-0.1, -0.05) is 24.6 Å². The van der Waals surface area contributed by atoms with Crippen molar-refractivity contribution in [1.82, 2.24) is 4.31 Å². The van der Waals surface area contributed by atoms with Crippen molar-refractivity contribution in [3.63, 3.8) is 0 Å². The van der Waals surface area contributed by atoms with Crippen LogP contribution in [0.25, 0.3) is 6.08 Å². The molecular weight excluding hydrogens is 456 g/mol. The summed E-state index contributed by atoms with van der Waals surface area (Å²) in [4.78, 5) is 12.8. The number of anilines is 1. The third-order valence-electron chi connectivity index (χ3n) is 5.38. The van der Waals surface area contributed by atoms with Gasteiger partial charge in [0.05, 0.1) is 24.3 Å². The predicted molar refractivity (Wildman–Crippen MR) is 132 cm³/mol. The summed E-state index contributed by atoms with van der Waals surface area (Å²) in [6, 6.07) is 9.93. The lowest BCUT2D eigenvalue weighted by Gasteiger charge is -2.26. The molecule has 34 heavy (non-hydrogen) atoms. The van der Waals surface area contributed by atoms with E-state index in [1.807, 2.05) is 38.1 Å². The number of allylic oxidation sites excluding steroid dienone is 1. The highest BCUT2D eigenvalue weighted by molar-refractivity contribution is 7.89. The van der Waals surface area contributed by atoms with Gasteiger partial charge in [-0.05, 0) is 62.6 Å². The summed E-state index contributed by atoms with van der Waals surface area (Å²) in [7, 11) is -2.12. The summed E-state index contributed by atoms with van der Waals surface area (Å²) in [6.45, 7) is 4.82. The van der Waals surface area contributed by atoms with Crippen LogP contribution in [0.3, 0.4) is 0 Å². The SMILES string of the molecule is C/C=C/c1ccc(OCC(=O)Nc2cc(S(=O)(=O)N3CCCCC3)ccc2OCC)c(OC)c1. The number of nitrogens with one attached hydrogen (secondary N) is 1. The van der Waals surface area contributed by atoms with E-state index in [4.69, 9.17) is 14.2 Å². The summed E-state index contributed by atoms with van der Waals surface area (Å²) in [5.41, 5.74) is 1.23. The average Bonchev–Trinajstić information content (AvgIpc) is 2.85. The minimum Gasteiger partial charge on any atom is -0.493 e. The summed E-state index contributed by atoms with van der Waals surface area (Å²) >= 11 is 0. The number of ether oxygens (including phenoxy) is 3. The molecule has 2 aromatic rings. The predicted octanol–water partition coefficient (Wildman–Crippen LogP) is 4.32. The molecule has 2 aromatic carbocycles. The van der Waals surface area contributed by atoms with E-state index in [-0.39, 0.29) is 17.2 Å². The van der Waals surface area contributed by atoms with Gasteiger partial charge in [-0.2, -0.15) is 4.31 Å². The van der Waals surface area contributed by atoms with Crippen molar-refractivity contribution >= 4 is 27.7 Å². The Hall–Kier alpha value is -3.04. The molecular formula is C25H32N2O6S. The van der Waals surface area contributed by atoms with Gasteiger partial charge in [0.15, 0.2) is 18.1 Å². The molecule has 0 aliphatic carbocycles. The van der Waals surface area contributed by atoms with Gasteiger partial charge in [-0.15, -0.1) is 0 Å². The monoisotopic (exact) mass is 488 g/mol. The Morgan fingerprint density at radius 2 is 1.76 bits per heavy atom. The minimum absolute atomic E-state index is 0.121. The van der Waals surface area contributed by atoms with Gasteiger partial charge in [-0.3, -0.25) is 4.79 Å².